The number of hydrogen-bond acceptors (Lipinski definition) is 4. The molecule has 1 unspecified atom stereocenters. The summed E-state index contributed by atoms with van der Waals surface area (Å²) < 4.78 is 5.22. The molecular weight excluding hydrogens is 242 g/mol. The number of benzene rings is 1. The summed E-state index contributed by atoms with van der Waals surface area (Å²) in [5, 5.41) is 12.7. The van der Waals surface area contributed by atoms with E-state index in [9.17, 15) is 9.90 Å². The van der Waals surface area contributed by atoms with Crippen molar-refractivity contribution in [1.29, 1.82) is 0 Å². The molecule has 2 N–H and O–H groups in total. The predicted molar refractivity (Wildman–Crippen MR) is 75.0 cm³/mol. The van der Waals surface area contributed by atoms with E-state index in [0.29, 0.717) is 13.0 Å². The minimum Gasteiger partial charge on any atom is -0.508 e. The number of nitrogens with one attached hydrogen (secondary N) is 1. The molecule has 106 valence electrons. The van der Waals surface area contributed by atoms with Crippen LogP contribution in [0.2, 0.25) is 0 Å². The Hall–Kier alpha value is -1.55. The average molecular weight is 265 g/mol. The quantitative estimate of drug-likeness (QED) is 0.744. The molecule has 0 spiro atoms. The van der Waals surface area contributed by atoms with Crippen LogP contribution in [0.3, 0.4) is 0 Å². The van der Waals surface area contributed by atoms with E-state index >= 15 is 0 Å². The highest BCUT2D eigenvalue weighted by molar-refractivity contribution is 5.82. The first-order valence-electron chi connectivity index (χ1n) is 6.82. The van der Waals surface area contributed by atoms with Gasteiger partial charge in [0.2, 0.25) is 0 Å². The lowest BCUT2D eigenvalue weighted by atomic mass is 9.87. The van der Waals surface area contributed by atoms with Crippen molar-refractivity contribution in [3.63, 3.8) is 0 Å². The van der Waals surface area contributed by atoms with Crippen molar-refractivity contribution in [1.82, 2.24) is 5.32 Å². The molecule has 0 amide bonds. The smallest absolute Gasteiger partial charge is 0.330 e. The van der Waals surface area contributed by atoms with Gasteiger partial charge in [-0.05, 0) is 44.0 Å². The van der Waals surface area contributed by atoms with Crippen LogP contribution in [0.1, 0.15) is 39.2 Å². The second-order valence-electron chi connectivity index (χ2n) is 4.45. The Kier molecular flexibility index (Phi) is 5.83. The van der Waals surface area contributed by atoms with Crippen LogP contribution >= 0.6 is 0 Å². The first-order valence-corrected chi connectivity index (χ1v) is 6.82. The van der Waals surface area contributed by atoms with Gasteiger partial charge in [-0.3, -0.25) is 5.32 Å². The lowest BCUT2D eigenvalue weighted by Gasteiger charge is -2.32. The van der Waals surface area contributed by atoms with Crippen LogP contribution in [0, 0.1) is 0 Å². The third-order valence-corrected chi connectivity index (χ3v) is 3.19. The van der Waals surface area contributed by atoms with Gasteiger partial charge in [0, 0.05) is 0 Å². The zero-order chi connectivity index (χ0) is 14.3. The van der Waals surface area contributed by atoms with Gasteiger partial charge in [0.15, 0.2) is 0 Å². The van der Waals surface area contributed by atoms with Crippen LogP contribution in [0.5, 0.6) is 5.75 Å². The molecule has 4 heteroatoms. The number of phenolic OH excluding ortho intramolecular Hbond substituents is 1. The molecule has 1 aromatic carbocycles. The first kappa shape index (κ1) is 15.5. The van der Waals surface area contributed by atoms with Crippen LogP contribution in [-0.4, -0.2) is 24.2 Å². The number of aromatic hydroxyl groups is 1. The van der Waals surface area contributed by atoms with Crippen LogP contribution < -0.4 is 5.32 Å². The zero-order valence-corrected chi connectivity index (χ0v) is 11.9. The molecule has 1 aromatic rings. The molecular formula is C15H23NO3. The van der Waals surface area contributed by atoms with Crippen molar-refractivity contribution in [3.05, 3.63) is 29.8 Å². The second-order valence-corrected chi connectivity index (χ2v) is 4.45. The van der Waals surface area contributed by atoms with Crippen LogP contribution in [-0.2, 0) is 15.1 Å². The highest BCUT2D eigenvalue weighted by atomic mass is 16.5. The number of ether oxygens (including phenoxy) is 1. The third-order valence-electron chi connectivity index (χ3n) is 3.19. The highest BCUT2D eigenvalue weighted by Gasteiger charge is 2.39. The fraction of sp³-hybridized carbons (Fsp3) is 0.533. The Morgan fingerprint density at radius 1 is 1.26 bits per heavy atom. The fourth-order valence-corrected chi connectivity index (χ4v) is 2.10. The van der Waals surface area contributed by atoms with Crippen molar-refractivity contribution < 1.29 is 14.6 Å². The van der Waals surface area contributed by atoms with Crippen LogP contribution in [0.4, 0.5) is 0 Å². The summed E-state index contributed by atoms with van der Waals surface area (Å²) >= 11 is 0. The summed E-state index contributed by atoms with van der Waals surface area (Å²) in [6, 6.07) is 6.70. The number of esters is 1. The maximum absolute atomic E-state index is 12.3. The summed E-state index contributed by atoms with van der Waals surface area (Å²) in [5.41, 5.74) is -0.0144. The molecule has 4 nitrogen and oxygen atoms in total. The van der Waals surface area contributed by atoms with E-state index in [1.54, 1.807) is 31.2 Å². The monoisotopic (exact) mass is 265 g/mol. The molecule has 0 fully saturated rings. The molecule has 0 aliphatic carbocycles. The van der Waals surface area contributed by atoms with Gasteiger partial charge in [-0.1, -0.05) is 26.0 Å². The Morgan fingerprint density at radius 2 is 1.89 bits per heavy atom. The van der Waals surface area contributed by atoms with E-state index in [4.69, 9.17) is 4.74 Å². The van der Waals surface area contributed by atoms with Gasteiger partial charge in [-0.15, -0.1) is 0 Å². The van der Waals surface area contributed by atoms with Crippen molar-refractivity contribution in [2.75, 3.05) is 13.2 Å². The second kappa shape index (κ2) is 7.14. The topological polar surface area (TPSA) is 58.6 Å². The summed E-state index contributed by atoms with van der Waals surface area (Å²) in [7, 11) is 0. The number of hydrogen-bond donors (Lipinski definition) is 2. The molecule has 0 saturated carbocycles. The Morgan fingerprint density at radius 3 is 2.37 bits per heavy atom. The Balaban J connectivity index is 3.14. The molecule has 1 atom stereocenters. The van der Waals surface area contributed by atoms with E-state index in [1.165, 1.54) is 0 Å². The van der Waals surface area contributed by atoms with E-state index in [2.05, 4.69) is 12.2 Å². The number of carbonyl (C=O) groups is 1. The molecule has 0 aliphatic heterocycles. The largest absolute Gasteiger partial charge is 0.508 e. The van der Waals surface area contributed by atoms with Gasteiger partial charge in [0.05, 0.1) is 6.61 Å². The van der Waals surface area contributed by atoms with Gasteiger partial charge in [0.1, 0.15) is 11.3 Å². The van der Waals surface area contributed by atoms with Crippen molar-refractivity contribution in [2.24, 2.45) is 0 Å². The third kappa shape index (κ3) is 3.47. The normalized spacial score (nSPS) is 13.8. The van der Waals surface area contributed by atoms with Gasteiger partial charge in [0.25, 0.3) is 0 Å². The van der Waals surface area contributed by atoms with Gasteiger partial charge >= 0.3 is 5.97 Å². The maximum Gasteiger partial charge on any atom is 0.330 e. The zero-order valence-electron chi connectivity index (χ0n) is 11.9. The minimum atomic E-state index is -0.834. The van der Waals surface area contributed by atoms with Crippen LogP contribution in [0.15, 0.2) is 24.3 Å². The standard InChI is InChI=1S/C15H23NO3/c1-4-11-16-15(5-2,14(18)19-6-3)12-7-9-13(17)10-8-12/h7-10,16-17H,4-6,11H2,1-3H3. The predicted octanol–water partition coefficient (Wildman–Crippen LogP) is 2.56. The Labute approximate surface area is 114 Å². The molecule has 0 saturated heterocycles. The average Bonchev–Trinajstić information content (AvgIpc) is 2.42. The lowest BCUT2D eigenvalue weighted by Crippen LogP contribution is -2.50. The lowest BCUT2D eigenvalue weighted by molar-refractivity contribution is -0.152. The van der Waals surface area contributed by atoms with E-state index in [0.717, 1.165) is 18.5 Å². The number of rotatable bonds is 7. The van der Waals surface area contributed by atoms with E-state index < -0.39 is 5.54 Å². The minimum absolute atomic E-state index is 0.188. The summed E-state index contributed by atoms with van der Waals surface area (Å²) in [5.74, 6) is -0.0789. The molecule has 0 aromatic heterocycles. The summed E-state index contributed by atoms with van der Waals surface area (Å²) in [6.07, 6.45) is 1.52. The molecule has 0 aliphatic rings. The first-order chi connectivity index (χ1) is 9.10. The molecule has 0 bridgehead atoms. The van der Waals surface area contributed by atoms with Crippen molar-refractivity contribution in [2.45, 2.75) is 39.2 Å². The maximum atomic E-state index is 12.3. The molecule has 19 heavy (non-hydrogen) atoms. The SMILES string of the molecule is CCCNC(CC)(C(=O)OCC)c1ccc(O)cc1. The van der Waals surface area contributed by atoms with E-state index in [1.807, 2.05) is 6.92 Å². The molecule has 0 radical (unpaired) electrons. The fourth-order valence-electron chi connectivity index (χ4n) is 2.10. The molecule has 0 heterocycles. The van der Waals surface area contributed by atoms with E-state index in [-0.39, 0.29) is 11.7 Å². The van der Waals surface area contributed by atoms with Crippen molar-refractivity contribution >= 4 is 5.97 Å². The van der Waals surface area contributed by atoms with Gasteiger partial charge < -0.3 is 9.84 Å². The Bertz CT molecular complexity index is 402. The van der Waals surface area contributed by atoms with Crippen LogP contribution in [0.25, 0.3) is 0 Å². The summed E-state index contributed by atoms with van der Waals surface area (Å²) in [6.45, 7) is 6.89. The molecule has 1 rings (SSSR count). The highest BCUT2D eigenvalue weighted by Crippen LogP contribution is 2.28. The van der Waals surface area contributed by atoms with Crippen molar-refractivity contribution in [3.8, 4) is 5.75 Å². The number of carbonyl (C=O) groups excluding carboxylic acids is 1. The van der Waals surface area contributed by atoms with Gasteiger partial charge in [-0.2, -0.15) is 0 Å². The number of phenols is 1. The summed E-state index contributed by atoms with van der Waals surface area (Å²) in [4.78, 5) is 12.3. The van der Waals surface area contributed by atoms with Gasteiger partial charge in [-0.25, -0.2) is 4.79 Å².